The van der Waals surface area contributed by atoms with Gasteiger partial charge in [0.05, 0.1) is 11.5 Å². The van der Waals surface area contributed by atoms with E-state index in [9.17, 15) is 22.8 Å². The molecule has 2 aliphatic rings. The first-order valence-corrected chi connectivity index (χ1v) is 12.6. The van der Waals surface area contributed by atoms with Crippen LogP contribution in [0.15, 0.2) is 53.4 Å². The number of carbonyl (C=O) groups excluding carboxylic acids is 3. The normalized spacial score (nSPS) is 17.4. The molecular weight excluding hydrogens is 460 g/mol. The van der Waals surface area contributed by atoms with Gasteiger partial charge >= 0.3 is 6.03 Å². The maximum atomic E-state index is 12.8. The molecule has 2 fully saturated rings. The largest absolute Gasteiger partial charge is 0.494 e. The van der Waals surface area contributed by atoms with Gasteiger partial charge in [0.1, 0.15) is 11.3 Å². The standard InChI is InChI=1S/C23H26N4O6S/c1-2-33-18-10-12-19(13-11-18)34(31,32)26-17-8-6-16(7-9-17)20(28)25-27-21(29)23(24-22(27)30)14-4-3-5-15-23/h6-13,26H,2-5,14-15H2,1H3,(H,24,30)(H,25,28). The first-order chi connectivity index (χ1) is 16.2. The van der Waals surface area contributed by atoms with Crippen LogP contribution in [0.3, 0.4) is 0 Å². The Morgan fingerprint density at radius 2 is 1.68 bits per heavy atom. The third kappa shape index (κ3) is 4.69. The van der Waals surface area contributed by atoms with E-state index in [4.69, 9.17) is 4.74 Å². The fourth-order valence-electron chi connectivity index (χ4n) is 4.17. The van der Waals surface area contributed by atoms with Crippen LogP contribution in [0.1, 0.15) is 49.4 Å². The van der Waals surface area contributed by atoms with Crippen LogP contribution >= 0.6 is 0 Å². The fraction of sp³-hybridized carbons (Fsp3) is 0.348. The second-order valence-corrected chi connectivity index (χ2v) is 9.92. The number of hydrogen-bond donors (Lipinski definition) is 3. The van der Waals surface area contributed by atoms with E-state index in [2.05, 4.69) is 15.5 Å². The molecule has 4 amide bonds. The molecule has 1 saturated carbocycles. The summed E-state index contributed by atoms with van der Waals surface area (Å²) in [7, 11) is -3.84. The zero-order valence-electron chi connectivity index (χ0n) is 18.7. The number of ether oxygens (including phenoxy) is 1. The number of rotatable bonds is 7. The number of benzene rings is 2. The first-order valence-electron chi connectivity index (χ1n) is 11.1. The van der Waals surface area contributed by atoms with Gasteiger partial charge in [0.25, 0.3) is 21.8 Å². The number of hydrazine groups is 1. The molecule has 1 heterocycles. The lowest BCUT2D eigenvalue weighted by atomic mass is 9.82. The van der Waals surface area contributed by atoms with E-state index in [0.29, 0.717) is 25.2 Å². The van der Waals surface area contributed by atoms with Crippen molar-refractivity contribution < 1.29 is 27.5 Å². The molecule has 10 nitrogen and oxygen atoms in total. The van der Waals surface area contributed by atoms with Gasteiger partial charge in [-0.2, -0.15) is 5.01 Å². The van der Waals surface area contributed by atoms with Crippen molar-refractivity contribution in [3.8, 4) is 5.75 Å². The van der Waals surface area contributed by atoms with E-state index in [0.717, 1.165) is 24.3 Å². The van der Waals surface area contributed by atoms with Crippen LogP contribution in [0.2, 0.25) is 0 Å². The summed E-state index contributed by atoms with van der Waals surface area (Å²) >= 11 is 0. The molecule has 1 aliphatic heterocycles. The van der Waals surface area contributed by atoms with Crippen molar-refractivity contribution in [2.75, 3.05) is 11.3 Å². The molecule has 11 heteroatoms. The summed E-state index contributed by atoms with van der Waals surface area (Å²) in [5, 5.41) is 3.46. The van der Waals surface area contributed by atoms with E-state index in [1.165, 1.54) is 36.4 Å². The Hall–Kier alpha value is -3.60. The highest BCUT2D eigenvalue weighted by Gasteiger charge is 2.52. The van der Waals surface area contributed by atoms with Crippen molar-refractivity contribution in [2.45, 2.75) is 49.5 Å². The summed E-state index contributed by atoms with van der Waals surface area (Å²) in [5.41, 5.74) is 1.83. The van der Waals surface area contributed by atoms with Gasteiger partial charge in [0.15, 0.2) is 0 Å². The molecule has 180 valence electrons. The Morgan fingerprint density at radius 1 is 1.03 bits per heavy atom. The number of imide groups is 1. The Bertz CT molecular complexity index is 1190. The van der Waals surface area contributed by atoms with Gasteiger partial charge in [-0.15, -0.1) is 0 Å². The van der Waals surface area contributed by atoms with Gasteiger partial charge < -0.3 is 10.1 Å². The summed E-state index contributed by atoms with van der Waals surface area (Å²) in [6.45, 7) is 2.31. The van der Waals surface area contributed by atoms with Gasteiger partial charge in [0, 0.05) is 11.3 Å². The average Bonchev–Trinajstić information content (AvgIpc) is 3.04. The number of urea groups is 1. The minimum absolute atomic E-state index is 0.0629. The van der Waals surface area contributed by atoms with Crippen LogP contribution in [0.4, 0.5) is 10.5 Å². The maximum absolute atomic E-state index is 12.8. The monoisotopic (exact) mass is 486 g/mol. The van der Waals surface area contributed by atoms with Crippen molar-refractivity contribution in [1.29, 1.82) is 0 Å². The molecule has 0 unspecified atom stereocenters. The zero-order chi connectivity index (χ0) is 24.3. The van der Waals surface area contributed by atoms with Crippen LogP contribution in [0.5, 0.6) is 5.75 Å². The highest BCUT2D eigenvalue weighted by Crippen LogP contribution is 2.33. The molecule has 2 aromatic rings. The molecule has 2 aromatic carbocycles. The highest BCUT2D eigenvalue weighted by atomic mass is 32.2. The summed E-state index contributed by atoms with van der Waals surface area (Å²) in [5.74, 6) is -0.543. The molecule has 3 N–H and O–H groups in total. The lowest BCUT2D eigenvalue weighted by Crippen LogP contribution is -2.50. The Labute approximate surface area is 197 Å². The van der Waals surface area contributed by atoms with Crippen LogP contribution in [0, 0.1) is 0 Å². The number of nitrogens with zero attached hydrogens (tertiary/aromatic N) is 1. The van der Waals surface area contributed by atoms with Gasteiger partial charge in [-0.3, -0.25) is 19.7 Å². The highest BCUT2D eigenvalue weighted by molar-refractivity contribution is 7.92. The molecule has 0 radical (unpaired) electrons. The Kier molecular flexibility index (Phi) is 6.47. The smallest absolute Gasteiger partial charge is 0.344 e. The number of nitrogens with one attached hydrogen (secondary N) is 3. The van der Waals surface area contributed by atoms with E-state index in [1.54, 1.807) is 12.1 Å². The van der Waals surface area contributed by atoms with Crippen molar-refractivity contribution in [2.24, 2.45) is 0 Å². The number of anilines is 1. The van der Waals surface area contributed by atoms with Crippen molar-refractivity contribution in [3.63, 3.8) is 0 Å². The zero-order valence-corrected chi connectivity index (χ0v) is 19.5. The van der Waals surface area contributed by atoms with Gasteiger partial charge in [-0.05, 0) is 68.3 Å². The van der Waals surface area contributed by atoms with E-state index >= 15 is 0 Å². The van der Waals surface area contributed by atoms with Gasteiger partial charge in [0.2, 0.25) is 0 Å². The van der Waals surface area contributed by atoms with Crippen molar-refractivity contribution in [3.05, 3.63) is 54.1 Å². The molecule has 4 rings (SSSR count). The van der Waals surface area contributed by atoms with Crippen molar-refractivity contribution in [1.82, 2.24) is 15.8 Å². The Morgan fingerprint density at radius 3 is 2.29 bits per heavy atom. The topological polar surface area (TPSA) is 134 Å². The molecule has 0 atom stereocenters. The predicted octanol–water partition coefficient (Wildman–Crippen LogP) is 2.79. The quantitative estimate of drug-likeness (QED) is 0.515. The fourth-order valence-corrected chi connectivity index (χ4v) is 5.23. The molecular formula is C23H26N4O6S. The summed E-state index contributed by atoms with van der Waals surface area (Å²) in [6.07, 6.45) is 3.77. The number of carbonyl (C=O) groups is 3. The van der Waals surface area contributed by atoms with Crippen LogP contribution < -0.4 is 20.2 Å². The van der Waals surface area contributed by atoms with Crippen LogP contribution in [-0.2, 0) is 14.8 Å². The number of hydrogen-bond acceptors (Lipinski definition) is 6. The van der Waals surface area contributed by atoms with E-state index in [1.807, 2.05) is 6.92 Å². The average molecular weight is 487 g/mol. The summed E-state index contributed by atoms with van der Waals surface area (Å²) < 4.78 is 33.0. The second kappa shape index (κ2) is 9.34. The number of sulfonamides is 1. The molecule has 34 heavy (non-hydrogen) atoms. The minimum Gasteiger partial charge on any atom is -0.494 e. The molecule has 1 saturated heterocycles. The van der Waals surface area contributed by atoms with Gasteiger partial charge in [-0.1, -0.05) is 19.3 Å². The molecule has 0 bridgehead atoms. The van der Waals surface area contributed by atoms with Crippen molar-refractivity contribution >= 4 is 33.6 Å². The van der Waals surface area contributed by atoms with E-state index < -0.39 is 33.4 Å². The molecule has 1 spiro atoms. The van der Waals surface area contributed by atoms with Crippen LogP contribution in [0.25, 0.3) is 0 Å². The SMILES string of the molecule is CCOc1ccc(S(=O)(=O)Nc2ccc(C(=O)NN3C(=O)NC4(CCCCC4)C3=O)cc2)cc1. The van der Waals surface area contributed by atoms with E-state index in [-0.39, 0.29) is 16.1 Å². The minimum atomic E-state index is -3.84. The predicted molar refractivity (Wildman–Crippen MR) is 124 cm³/mol. The Balaban J connectivity index is 1.40. The lowest BCUT2D eigenvalue weighted by Gasteiger charge is -2.30. The molecule has 0 aromatic heterocycles. The van der Waals surface area contributed by atoms with Gasteiger partial charge in [-0.25, -0.2) is 13.2 Å². The molecule has 1 aliphatic carbocycles. The summed E-state index contributed by atoms with van der Waals surface area (Å²) in [4.78, 5) is 37.8. The second-order valence-electron chi connectivity index (χ2n) is 8.24. The maximum Gasteiger partial charge on any atom is 0.344 e. The first kappa shape index (κ1) is 23.6. The lowest BCUT2D eigenvalue weighted by molar-refractivity contribution is -0.134. The third-order valence-corrected chi connectivity index (χ3v) is 7.32. The summed E-state index contributed by atoms with van der Waals surface area (Å²) in [6, 6.07) is 11.0. The number of amides is 4. The third-order valence-electron chi connectivity index (χ3n) is 5.93. The van der Waals surface area contributed by atoms with Crippen LogP contribution in [-0.4, -0.2) is 43.4 Å².